The number of nitrogens with one attached hydrogen (secondary N) is 1. The lowest BCUT2D eigenvalue weighted by atomic mass is 10.2. The molecule has 1 atom stereocenters. The quantitative estimate of drug-likeness (QED) is 0.703. The lowest BCUT2D eigenvalue weighted by Crippen LogP contribution is -2.53. The van der Waals surface area contributed by atoms with E-state index in [0.29, 0.717) is 19.5 Å². The van der Waals surface area contributed by atoms with Gasteiger partial charge in [0.2, 0.25) is 0 Å². The zero-order valence-electron chi connectivity index (χ0n) is 9.77. The van der Waals surface area contributed by atoms with E-state index in [1.54, 1.807) is 11.8 Å². The van der Waals surface area contributed by atoms with Gasteiger partial charge in [0, 0.05) is 26.2 Å². The maximum Gasteiger partial charge on any atom is 0.326 e. The van der Waals surface area contributed by atoms with Gasteiger partial charge < -0.3 is 20.2 Å². The molecule has 1 saturated heterocycles. The molecule has 1 aliphatic heterocycles. The van der Waals surface area contributed by atoms with Gasteiger partial charge in [-0.3, -0.25) is 0 Å². The molecule has 6 nitrogen and oxygen atoms in total. The van der Waals surface area contributed by atoms with Crippen LogP contribution in [-0.4, -0.2) is 66.2 Å². The maximum absolute atomic E-state index is 11.7. The fourth-order valence-electron chi connectivity index (χ4n) is 1.59. The Balaban J connectivity index is 2.42. The fourth-order valence-corrected chi connectivity index (χ4v) is 1.59. The molecule has 1 fully saturated rings. The molecule has 0 aromatic carbocycles. The molecule has 0 saturated carbocycles. The lowest BCUT2D eigenvalue weighted by Gasteiger charge is -2.33. The van der Waals surface area contributed by atoms with Gasteiger partial charge in [-0.25, -0.2) is 9.59 Å². The molecule has 1 aliphatic rings. The Morgan fingerprint density at radius 3 is 2.31 bits per heavy atom. The van der Waals surface area contributed by atoms with Crippen molar-refractivity contribution in [3.8, 4) is 0 Å². The van der Waals surface area contributed by atoms with E-state index < -0.39 is 12.0 Å². The van der Waals surface area contributed by atoms with E-state index in [-0.39, 0.29) is 6.03 Å². The van der Waals surface area contributed by atoms with Gasteiger partial charge in [0.05, 0.1) is 0 Å². The minimum absolute atomic E-state index is 0.276. The van der Waals surface area contributed by atoms with Crippen molar-refractivity contribution in [1.29, 1.82) is 0 Å². The summed E-state index contributed by atoms with van der Waals surface area (Å²) in [5.41, 5.74) is 0. The van der Waals surface area contributed by atoms with Gasteiger partial charge in [0.15, 0.2) is 0 Å². The maximum atomic E-state index is 11.7. The molecule has 0 radical (unpaired) electrons. The molecule has 0 unspecified atom stereocenters. The molecule has 1 rings (SSSR count). The smallest absolute Gasteiger partial charge is 0.326 e. The number of hydrogen-bond donors (Lipinski definition) is 2. The summed E-state index contributed by atoms with van der Waals surface area (Å²) in [5.74, 6) is -0.982. The number of rotatable bonds is 3. The number of aliphatic carboxylic acids is 1. The predicted molar refractivity (Wildman–Crippen MR) is 59.3 cm³/mol. The van der Waals surface area contributed by atoms with Crippen LogP contribution >= 0.6 is 0 Å². The SMILES string of the molecule is CC[C@H](NC(=O)N1CCN(C)CC1)C(=O)O. The molecule has 16 heavy (non-hydrogen) atoms. The summed E-state index contributed by atoms with van der Waals surface area (Å²) in [5, 5.41) is 11.3. The molecule has 6 heteroatoms. The molecule has 0 aromatic heterocycles. The molecule has 0 aromatic rings. The summed E-state index contributed by atoms with van der Waals surface area (Å²) in [6.45, 7) is 4.70. The summed E-state index contributed by atoms with van der Waals surface area (Å²) < 4.78 is 0. The van der Waals surface area contributed by atoms with E-state index in [9.17, 15) is 9.59 Å². The summed E-state index contributed by atoms with van der Waals surface area (Å²) in [6.07, 6.45) is 0.398. The average molecular weight is 229 g/mol. The van der Waals surface area contributed by atoms with Crippen LogP contribution < -0.4 is 5.32 Å². The standard InChI is InChI=1S/C10H19N3O3/c1-3-8(9(14)15)11-10(16)13-6-4-12(2)5-7-13/h8H,3-7H2,1-2H3,(H,11,16)(H,14,15)/t8-/m0/s1. The number of piperazine rings is 1. The number of urea groups is 1. The number of nitrogens with zero attached hydrogens (tertiary/aromatic N) is 2. The highest BCUT2D eigenvalue weighted by molar-refractivity contribution is 5.82. The number of hydrogen-bond acceptors (Lipinski definition) is 3. The summed E-state index contributed by atoms with van der Waals surface area (Å²) >= 11 is 0. The first-order valence-electron chi connectivity index (χ1n) is 5.51. The van der Waals surface area contributed by atoms with Crippen LogP contribution in [0.25, 0.3) is 0 Å². The van der Waals surface area contributed by atoms with E-state index >= 15 is 0 Å². The van der Waals surface area contributed by atoms with Crippen molar-refractivity contribution in [2.24, 2.45) is 0 Å². The van der Waals surface area contributed by atoms with E-state index in [2.05, 4.69) is 10.2 Å². The molecule has 2 N–H and O–H groups in total. The van der Waals surface area contributed by atoms with E-state index in [1.807, 2.05) is 7.05 Å². The first-order valence-corrected chi connectivity index (χ1v) is 5.51. The van der Waals surface area contributed by atoms with Gasteiger partial charge in [-0.1, -0.05) is 6.92 Å². The van der Waals surface area contributed by atoms with Crippen molar-refractivity contribution in [3.05, 3.63) is 0 Å². The second kappa shape index (κ2) is 5.69. The number of carboxylic acids is 1. The Kier molecular flexibility index (Phi) is 4.54. The van der Waals surface area contributed by atoms with E-state index in [1.165, 1.54) is 0 Å². The number of carboxylic acid groups (broad SMARTS) is 1. The van der Waals surface area contributed by atoms with Crippen LogP contribution in [0.15, 0.2) is 0 Å². The molecule has 1 heterocycles. The van der Waals surface area contributed by atoms with Gasteiger partial charge in [-0.2, -0.15) is 0 Å². The fraction of sp³-hybridized carbons (Fsp3) is 0.800. The predicted octanol–water partition coefficient (Wildman–Crippen LogP) is -0.193. The first kappa shape index (κ1) is 12.8. The number of carbonyl (C=O) groups is 2. The third kappa shape index (κ3) is 3.37. The zero-order chi connectivity index (χ0) is 12.1. The van der Waals surface area contributed by atoms with Crippen LogP contribution in [0.4, 0.5) is 4.79 Å². The minimum atomic E-state index is -0.982. The van der Waals surface area contributed by atoms with Crippen molar-refractivity contribution in [1.82, 2.24) is 15.1 Å². The first-order chi connectivity index (χ1) is 7.54. The summed E-state index contributed by atoms with van der Waals surface area (Å²) in [4.78, 5) is 26.3. The third-order valence-corrected chi connectivity index (χ3v) is 2.79. The van der Waals surface area contributed by atoms with Crippen LogP contribution in [-0.2, 0) is 4.79 Å². The summed E-state index contributed by atoms with van der Waals surface area (Å²) in [6, 6.07) is -1.06. The Labute approximate surface area is 95.2 Å². The molecule has 2 amide bonds. The highest BCUT2D eigenvalue weighted by Gasteiger charge is 2.23. The lowest BCUT2D eigenvalue weighted by molar-refractivity contribution is -0.139. The Morgan fingerprint density at radius 1 is 1.31 bits per heavy atom. The Hall–Kier alpha value is -1.30. The van der Waals surface area contributed by atoms with Crippen LogP contribution in [0.5, 0.6) is 0 Å². The van der Waals surface area contributed by atoms with Gasteiger partial charge in [0.25, 0.3) is 0 Å². The van der Waals surface area contributed by atoms with Crippen molar-refractivity contribution >= 4 is 12.0 Å². The molecular weight excluding hydrogens is 210 g/mol. The number of amides is 2. The van der Waals surface area contributed by atoms with Crippen LogP contribution in [0.1, 0.15) is 13.3 Å². The Bertz CT molecular complexity index is 262. The van der Waals surface area contributed by atoms with E-state index in [0.717, 1.165) is 13.1 Å². The van der Waals surface area contributed by atoms with E-state index in [4.69, 9.17) is 5.11 Å². The highest BCUT2D eigenvalue weighted by atomic mass is 16.4. The van der Waals surface area contributed by atoms with Crippen molar-refractivity contribution in [3.63, 3.8) is 0 Å². The largest absolute Gasteiger partial charge is 0.480 e. The Morgan fingerprint density at radius 2 is 1.88 bits per heavy atom. The minimum Gasteiger partial charge on any atom is -0.480 e. The topological polar surface area (TPSA) is 72.9 Å². The van der Waals surface area contributed by atoms with Gasteiger partial charge in [-0.15, -0.1) is 0 Å². The zero-order valence-corrected chi connectivity index (χ0v) is 9.77. The van der Waals surface area contributed by atoms with Crippen molar-refractivity contribution in [2.75, 3.05) is 33.2 Å². The van der Waals surface area contributed by atoms with Crippen molar-refractivity contribution < 1.29 is 14.7 Å². The number of carbonyl (C=O) groups excluding carboxylic acids is 1. The second-order valence-electron chi connectivity index (χ2n) is 4.04. The third-order valence-electron chi connectivity index (χ3n) is 2.79. The van der Waals surface area contributed by atoms with Gasteiger partial charge >= 0.3 is 12.0 Å². The normalized spacial score (nSPS) is 19.2. The van der Waals surface area contributed by atoms with Crippen LogP contribution in [0, 0.1) is 0 Å². The number of likely N-dealkylation sites (N-methyl/N-ethyl adjacent to an activating group) is 1. The van der Waals surface area contributed by atoms with Crippen LogP contribution in [0.3, 0.4) is 0 Å². The van der Waals surface area contributed by atoms with Gasteiger partial charge in [-0.05, 0) is 13.5 Å². The van der Waals surface area contributed by atoms with Crippen LogP contribution in [0.2, 0.25) is 0 Å². The highest BCUT2D eigenvalue weighted by Crippen LogP contribution is 2.01. The monoisotopic (exact) mass is 229 g/mol. The summed E-state index contributed by atoms with van der Waals surface area (Å²) in [7, 11) is 2.00. The van der Waals surface area contributed by atoms with Gasteiger partial charge in [0.1, 0.15) is 6.04 Å². The molecule has 92 valence electrons. The molecule has 0 spiro atoms. The molecule has 0 aliphatic carbocycles. The molecule has 0 bridgehead atoms. The van der Waals surface area contributed by atoms with Crippen molar-refractivity contribution in [2.45, 2.75) is 19.4 Å². The second-order valence-corrected chi connectivity index (χ2v) is 4.04. The molecular formula is C10H19N3O3. The average Bonchev–Trinajstić information content (AvgIpc) is 2.26.